The molecule has 1 unspecified atom stereocenters. The van der Waals surface area contributed by atoms with E-state index in [1.165, 1.54) is 17.5 Å². The Kier molecular flexibility index (Phi) is 5.80. The van der Waals surface area contributed by atoms with Crippen LogP contribution in [0, 0.1) is 5.92 Å². The highest BCUT2D eigenvalue weighted by molar-refractivity contribution is 5.78. The van der Waals surface area contributed by atoms with E-state index in [2.05, 4.69) is 55.3 Å². The second-order valence-electron chi connectivity index (χ2n) is 6.63. The Morgan fingerprint density at radius 1 is 1.33 bits per heavy atom. The van der Waals surface area contributed by atoms with Gasteiger partial charge in [-0.05, 0) is 42.3 Å². The average Bonchev–Trinajstić information content (AvgIpc) is 2.84. The van der Waals surface area contributed by atoms with Gasteiger partial charge in [0.15, 0.2) is 0 Å². The highest BCUT2D eigenvalue weighted by atomic mass is 16.2. The number of hydrogen-bond donors (Lipinski definition) is 1. The molecule has 0 bridgehead atoms. The van der Waals surface area contributed by atoms with Crippen molar-refractivity contribution in [1.29, 1.82) is 0 Å². The molecule has 1 aromatic rings. The van der Waals surface area contributed by atoms with Crippen molar-refractivity contribution in [1.82, 2.24) is 10.2 Å². The molecule has 0 saturated carbocycles. The van der Waals surface area contributed by atoms with Crippen molar-refractivity contribution in [2.24, 2.45) is 5.92 Å². The summed E-state index contributed by atoms with van der Waals surface area (Å²) in [6, 6.07) is 8.72. The third-order valence-corrected chi connectivity index (χ3v) is 4.26. The first-order valence-electron chi connectivity index (χ1n) is 8.12. The van der Waals surface area contributed by atoms with Crippen LogP contribution in [0.25, 0.3) is 0 Å². The Bertz CT molecular complexity index is 453. The van der Waals surface area contributed by atoms with Crippen molar-refractivity contribution >= 4 is 5.91 Å². The average molecular weight is 288 g/mol. The molecule has 1 saturated heterocycles. The van der Waals surface area contributed by atoms with E-state index in [1.54, 1.807) is 0 Å². The van der Waals surface area contributed by atoms with Gasteiger partial charge in [-0.3, -0.25) is 9.69 Å². The van der Waals surface area contributed by atoms with Crippen LogP contribution in [-0.2, 0) is 11.2 Å². The lowest BCUT2D eigenvalue weighted by Crippen LogP contribution is -2.36. The number of carbonyl (C=O) groups is 1. The van der Waals surface area contributed by atoms with Crippen molar-refractivity contribution < 1.29 is 4.79 Å². The van der Waals surface area contributed by atoms with E-state index >= 15 is 0 Å². The lowest BCUT2D eigenvalue weighted by molar-refractivity contribution is -0.122. The molecule has 1 aromatic carbocycles. The largest absolute Gasteiger partial charge is 0.355 e. The summed E-state index contributed by atoms with van der Waals surface area (Å²) in [5, 5.41) is 3.03. The molecule has 1 fully saturated rings. The van der Waals surface area contributed by atoms with Gasteiger partial charge in [0, 0.05) is 13.1 Å². The minimum absolute atomic E-state index is 0.155. The molecule has 1 aliphatic heterocycles. The van der Waals surface area contributed by atoms with E-state index in [1.807, 2.05) is 0 Å². The molecule has 3 heteroatoms. The number of amides is 1. The van der Waals surface area contributed by atoms with Gasteiger partial charge in [0.1, 0.15) is 0 Å². The van der Waals surface area contributed by atoms with Gasteiger partial charge in [-0.15, -0.1) is 0 Å². The van der Waals surface area contributed by atoms with Crippen LogP contribution in [-0.4, -0.2) is 37.0 Å². The van der Waals surface area contributed by atoms with Crippen LogP contribution >= 0.6 is 0 Å². The monoisotopic (exact) mass is 288 g/mol. The molecule has 116 valence electrons. The molecular formula is C18H28N2O. The maximum atomic E-state index is 11.9. The molecule has 1 N–H and O–H groups in total. The van der Waals surface area contributed by atoms with Crippen LogP contribution in [0.3, 0.4) is 0 Å². The van der Waals surface area contributed by atoms with E-state index in [0.717, 1.165) is 32.0 Å². The van der Waals surface area contributed by atoms with Crippen LogP contribution in [0.2, 0.25) is 0 Å². The molecule has 1 aliphatic rings. The quantitative estimate of drug-likeness (QED) is 0.873. The second kappa shape index (κ2) is 7.60. The van der Waals surface area contributed by atoms with Crippen LogP contribution in [0.15, 0.2) is 24.3 Å². The molecule has 0 aromatic heterocycles. The number of likely N-dealkylation sites (tertiary alicyclic amines) is 1. The highest BCUT2D eigenvalue weighted by Crippen LogP contribution is 2.15. The standard InChI is InChI=1S/C18H28N2O/c1-14(2)17-6-4-16(5-7-17)8-10-19-18(21)13-20-11-9-15(3)12-20/h4-7,14-15H,8-13H2,1-3H3,(H,19,21). The number of carbonyl (C=O) groups excluding carboxylic acids is 1. The lowest BCUT2D eigenvalue weighted by atomic mass is 10.0. The molecule has 0 spiro atoms. The summed E-state index contributed by atoms with van der Waals surface area (Å²) < 4.78 is 0. The van der Waals surface area contributed by atoms with Crippen molar-refractivity contribution in [3.8, 4) is 0 Å². The fourth-order valence-electron chi connectivity index (χ4n) is 2.84. The predicted molar refractivity (Wildman–Crippen MR) is 87.5 cm³/mol. The predicted octanol–water partition coefficient (Wildman–Crippen LogP) is 2.81. The Balaban J connectivity index is 1.67. The molecule has 1 atom stereocenters. The zero-order chi connectivity index (χ0) is 15.2. The fraction of sp³-hybridized carbons (Fsp3) is 0.611. The molecule has 21 heavy (non-hydrogen) atoms. The molecule has 0 radical (unpaired) electrons. The smallest absolute Gasteiger partial charge is 0.234 e. The zero-order valence-electron chi connectivity index (χ0n) is 13.6. The van der Waals surface area contributed by atoms with Gasteiger partial charge in [-0.25, -0.2) is 0 Å². The number of hydrogen-bond acceptors (Lipinski definition) is 2. The van der Waals surface area contributed by atoms with E-state index in [-0.39, 0.29) is 5.91 Å². The highest BCUT2D eigenvalue weighted by Gasteiger charge is 2.20. The Morgan fingerprint density at radius 2 is 2.05 bits per heavy atom. The van der Waals surface area contributed by atoms with E-state index in [0.29, 0.717) is 12.5 Å². The molecule has 1 amide bonds. The van der Waals surface area contributed by atoms with Crippen molar-refractivity contribution in [2.75, 3.05) is 26.2 Å². The van der Waals surface area contributed by atoms with Crippen LogP contribution < -0.4 is 5.32 Å². The maximum absolute atomic E-state index is 11.9. The van der Waals surface area contributed by atoms with E-state index < -0.39 is 0 Å². The lowest BCUT2D eigenvalue weighted by Gasteiger charge is -2.14. The summed E-state index contributed by atoms with van der Waals surface area (Å²) in [6.45, 7) is 10.1. The summed E-state index contributed by atoms with van der Waals surface area (Å²) in [5.74, 6) is 1.46. The third kappa shape index (κ3) is 5.16. The van der Waals surface area contributed by atoms with Crippen LogP contribution in [0.4, 0.5) is 0 Å². The summed E-state index contributed by atoms with van der Waals surface area (Å²) >= 11 is 0. The Labute approximate surface area is 128 Å². The van der Waals surface area contributed by atoms with Gasteiger partial charge in [0.05, 0.1) is 6.54 Å². The van der Waals surface area contributed by atoms with Crippen molar-refractivity contribution in [2.45, 2.75) is 39.5 Å². The summed E-state index contributed by atoms with van der Waals surface area (Å²) in [5.41, 5.74) is 2.65. The van der Waals surface area contributed by atoms with Crippen LogP contribution in [0.1, 0.15) is 44.2 Å². The molecular weight excluding hydrogens is 260 g/mol. The summed E-state index contributed by atoms with van der Waals surface area (Å²) in [6.07, 6.45) is 2.12. The first-order valence-corrected chi connectivity index (χ1v) is 8.12. The van der Waals surface area contributed by atoms with Crippen molar-refractivity contribution in [3.05, 3.63) is 35.4 Å². The topological polar surface area (TPSA) is 32.3 Å². The van der Waals surface area contributed by atoms with Gasteiger partial charge >= 0.3 is 0 Å². The van der Waals surface area contributed by atoms with Gasteiger partial charge in [0.2, 0.25) is 5.91 Å². The van der Waals surface area contributed by atoms with Gasteiger partial charge in [-0.2, -0.15) is 0 Å². The second-order valence-corrected chi connectivity index (χ2v) is 6.63. The van der Waals surface area contributed by atoms with Gasteiger partial charge < -0.3 is 5.32 Å². The SMILES string of the molecule is CC1CCN(CC(=O)NCCc2ccc(C(C)C)cc2)C1. The molecule has 0 aliphatic carbocycles. The number of rotatable bonds is 6. The minimum Gasteiger partial charge on any atom is -0.355 e. The van der Waals surface area contributed by atoms with Crippen LogP contribution in [0.5, 0.6) is 0 Å². The maximum Gasteiger partial charge on any atom is 0.234 e. The zero-order valence-corrected chi connectivity index (χ0v) is 13.6. The Hall–Kier alpha value is -1.35. The van der Waals surface area contributed by atoms with Gasteiger partial charge in [-0.1, -0.05) is 45.0 Å². The fourth-order valence-corrected chi connectivity index (χ4v) is 2.84. The first-order chi connectivity index (χ1) is 10.0. The van der Waals surface area contributed by atoms with E-state index in [4.69, 9.17) is 0 Å². The van der Waals surface area contributed by atoms with Gasteiger partial charge in [0.25, 0.3) is 0 Å². The molecule has 1 heterocycles. The summed E-state index contributed by atoms with van der Waals surface area (Å²) in [4.78, 5) is 14.1. The Morgan fingerprint density at radius 3 is 2.62 bits per heavy atom. The van der Waals surface area contributed by atoms with E-state index in [9.17, 15) is 4.79 Å². The number of benzene rings is 1. The third-order valence-electron chi connectivity index (χ3n) is 4.26. The van der Waals surface area contributed by atoms with Crippen molar-refractivity contribution in [3.63, 3.8) is 0 Å². The normalized spacial score (nSPS) is 19.1. The summed E-state index contributed by atoms with van der Waals surface area (Å²) in [7, 11) is 0. The minimum atomic E-state index is 0.155. The number of nitrogens with zero attached hydrogens (tertiary/aromatic N) is 1. The molecule has 2 rings (SSSR count). The number of nitrogens with one attached hydrogen (secondary N) is 1. The molecule has 3 nitrogen and oxygen atoms in total. The first kappa shape index (κ1) is 16.0.